The second-order valence-electron chi connectivity index (χ2n) is 9.01. The number of piperidine rings is 1. The van der Waals surface area contributed by atoms with E-state index in [0.717, 1.165) is 24.1 Å². The molecule has 2 saturated heterocycles. The summed E-state index contributed by atoms with van der Waals surface area (Å²) in [6.45, 7) is 7.16. The molecule has 7 nitrogen and oxygen atoms in total. The summed E-state index contributed by atoms with van der Waals surface area (Å²) in [7, 11) is 0. The van der Waals surface area contributed by atoms with Crippen LogP contribution in [0.5, 0.6) is 0 Å². The molecule has 28 heavy (non-hydrogen) atoms. The molecule has 3 N–H and O–H groups in total. The number of likely N-dealkylation sites (tertiary alicyclic amines) is 1. The Morgan fingerprint density at radius 3 is 2.75 bits per heavy atom. The van der Waals surface area contributed by atoms with Crippen LogP contribution in [-0.2, 0) is 22.7 Å². The number of hydrogen-bond acceptors (Lipinski definition) is 5. The fourth-order valence-corrected chi connectivity index (χ4v) is 4.97. The molecule has 3 aliphatic heterocycles. The number of nitrogens with zero attached hydrogens (tertiary/aromatic N) is 2. The third-order valence-electron chi connectivity index (χ3n) is 6.22. The second kappa shape index (κ2) is 6.97. The molecular weight excluding hydrogens is 356 g/mol. The fraction of sp³-hybridized carbons (Fsp3) is 0.571. The molecule has 0 bridgehead atoms. The first-order chi connectivity index (χ1) is 13.3. The molecule has 1 aromatic carbocycles. The first-order valence-electron chi connectivity index (χ1n) is 9.98. The van der Waals surface area contributed by atoms with Gasteiger partial charge in [0.2, 0.25) is 11.8 Å². The summed E-state index contributed by atoms with van der Waals surface area (Å²) in [6, 6.07) is 5.68. The quantitative estimate of drug-likeness (QED) is 0.756. The first kappa shape index (κ1) is 19.1. The lowest BCUT2D eigenvalue weighted by Gasteiger charge is -2.29. The maximum atomic E-state index is 13.2. The number of fused-ring (bicyclic) bond motifs is 1. The molecular formula is C21H28N4O3. The lowest BCUT2D eigenvalue weighted by molar-refractivity contribution is -0.136. The summed E-state index contributed by atoms with van der Waals surface area (Å²) >= 11 is 0. The molecule has 7 heteroatoms. The van der Waals surface area contributed by atoms with Crippen LogP contribution < -0.4 is 11.1 Å². The van der Waals surface area contributed by atoms with E-state index in [2.05, 4.69) is 24.1 Å². The zero-order valence-electron chi connectivity index (χ0n) is 16.5. The van der Waals surface area contributed by atoms with Gasteiger partial charge in [0, 0.05) is 44.2 Å². The number of benzene rings is 1. The van der Waals surface area contributed by atoms with Gasteiger partial charge in [-0.15, -0.1) is 0 Å². The van der Waals surface area contributed by atoms with Gasteiger partial charge in [-0.05, 0) is 29.4 Å². The molecule has 0 aliphatic carbocycles. The van der Waals surface area contributed by atoms with Crippen molar-refractivity contribution in [2.24, 2.45) is 11.1 Å². The number of carbonyl (C=O) groups is 3. The highest BCUT2D eigenvalue weighted by Crippen LogP contribution is 2.36. The van der Waals surface area contributed by atoms with E-state index in [9.17, 15) is 14.4 Å². The summed E-state index contributed by atoms with van der Waals surface area (Å²) in [4.78, 5) is 40.9. The highest BCUT2D eigenvalue weighted by Gasteiger charge is 2.41. The average molecular weight is 384 g/mol. The molecule has 3 heterocycles. The topological polar surface area (TPSA) is 95.7 Å². The molecule has 2 atom stereocenters. The summed E-state index contributed by atoms with van der Waals surface area (Å²) in [5.41, 5.74) is 8.87. The first-order valence-corrected chi connectivity index (χ1v) is 9.98. The number of hydrogen-bond donors (Lipinski definition) is 2. The van der Waals surface area contributed by atoms with E-state index in [-0.39, 0.29) is 29.6 Å². The van der Waals surface area contributed by atoms with Crippen LogP contribution in [0, 0.1) is 5.41 Å². The number of imide groups is 1. The van der Waals surface area contributed by atoms with E-state index in [0.29, 0.717) is 37.7 Å². The molecule has 0 aromatic heterocycles. The van der Waals surface area contributed by atoms with Gasteiger partial charge >= 0.3 is 0 Å². The van der Waals surface area contributed by atoms with E-state index in [1.54, 1.807) is 4.90 Å². The normalized spacial score (nSPS) is 27.2. The number of carbonyl (C=O) groups excluding carboxylic acids is 3. The molecule has 1 aromatic rings. The summed E-state index contributed by atoms with van der Waals surface area (Å²) in [6.07, 6.45) is 1.70. The molecule has 2 unspecified atom stereocenters. The Bertz CT molecular complexity index is 835. The van der Waals surface area contributed by atoms with Crippen molar-refractivity contribution >= 4 is 17.7 Å². The maximum absolute atomic E-state index is 13.2. The standard InChI is InChI=1S/C21H28N4O3/c1-21(2)8-15(9-22)24(12-21)10-13-4-3-5-14-11-25(20(28)18(13)14)16-6-7-17(26)23-19(16)27/h3-5,15-16H,6-12,22H2,1-2H3,(H,23,26,27). The number of nitrogens with one attached hydrogen (secondary N) is 1. The Morgan fingerprint density at radius 2 is 2.04 bits per heavy atom. The highest BCUT2D eigenvalue weighted by molar-refractivity contribution is 6.05. The van der Waals surface area contributed by atoms with Crippen LogP contribution in [0.15, 0.2) is 18.2 Å². The largest absolute Gasteiger partial charge is 0.329 e. The van der Waals surface area contributed by atoms with Crippen molar-refractivity contribution in [2.45, 2.75) is 58.3 Å². The summed E-state index contributed by atoms with van der Waals surface area (Å²) in [5, 5.41) is 2.36. The lowest BCUT2D eigenvalue weighted by Crippen LogP contribution is -2.52. The van der Waals surface area contributed by atoms with Crippen LogP contribution in [-0.4, -0.2) is 52.7 Å². The number of amides is 3. The van der Waals surface area contributed by atoms with E-state index in [1.807, 2.05) is 18.2 Å². The minimum atomic E-state index is -0.576. The molecule has 4 rings (SSSR count). The van der Waals surface area contributed by atoms with E-state index in [4.69, 9.17) is 5.73 Å². The third kappa shape index (κ3) is 3.33. The van der Waals surface area contributed by atoms with Crippen molar-refractivity contribution < 1.29 is 14.4 Å². The van der Waals surface area contributed by atoms with Crippen molar-refractivity contribution in [1.82, 2.24) is 15.1 Å². The lowest BCUT2D eigenvalue weighted by atomic mass is 9.91. The maximum Gasteiger partial charge on any atom is 0.255 e. The van der Waals surface area contributed by atoms with Crippen LogP contribution >= 0.6 is 0 Å². The number of nitrogens with two attached hydrogens (primary N) is 1. The van der Waals surface area contributed by atoms with Crippen LogP contribution in [0.1, 0.15) is 54.6 Å². The minimum Gasteiger partial charge on any atom is -0.329 e. The monoisotopic (exact) mass is 384 g/mol. The predicted octanol–water partition coefficient (Wildman–Crippen LogP) is 1.01. The Morgan fingerprint density at radius 1 is 1.25 bits per heavy atom. The third-order valence-corrected chi connectivity index (χ3v) is 6.22. The van der Waals surface area contributed by atoms with Gasteiger partial charge in [0.15, 0.2) is 0 Å². The van der Waals surface area contributed by atoms with Crippen LogP contribution in [0.3, 0.4) is 0 Å². The van der Waals surface area contributed by atoms with E-state index in [1.165, 1.54) is 0 Å². The molecule has 150 valence electrons. The molecule has 0 spiro atoms. The van der Waals surface area contributed by atoms with Gasteiger partial charge < -0.3 is 10.6 Å². The molecule has 2 fully saturated rings. The van der Waals surface area contributed by atoms with Gasteiger partial charge in [0.05, 0.1) is 0 Å². The van der Waals surface area contributed by atoms with Gasteiger partial charge in [-0.1, -0.05) is 32.0 Å². The zero-order chi connectivity index (χ0) is 20.1. The van der Waals surface area contributed by atoms with Gasteiger partial charge in [0.1, 0.15) is 6.04 Å². The average Bonchev–Trinajstić information content (AvgIpc) is 3.11. The number of rotatable bonds is 4. The van der Waals surface area contributed by atoms with Crippen molar-refractivity contribution in [3.05, 3.63) is 34.9 Å². The van der Waals surface area contributed by atoms with Crippen LogP contribution in [0.25, 0.3) is 0 Å². The Hall–Kier alpha value is -2.25. The van der Waals surface area contributed by atoms with E-state index >= 15 is 0 Å². The smallest absolute Gasteiger partial charge is 0.255 e. The Balaban J connectivity index is 1.57. The van der Waals surface area contributed by atoms with Gasteiger partial charge in [0.25, 0.3) is 5.91 Å². The summed E-state index contributed by atoms with van der Waals surface area (Å²) in [5.74, 6) is -0.748. The Kier molecular flexibility index (Phi) is 4.75. The molecule has 0 saturated carbocycles. The highest BCUT2D eigenvalue weighted by atomic mass is 16.2. The van der Waals surface area contributed by atoms with Gasteiger partial charge in [-0.25, -0.2) is 0 Å². The molecule has 3 aliphatic rings. The van der Waals surface area contributed by atoms with Crippen LogP contribution in [0.2, 0.25) is 0 Å². The Labute approximate surface area is 165 Å². The minimum absolute atomic E-state index is 0.108. The van der Waals surface area contributed by atoms with Crippen molar-refractivity contribution in [2.75, 3.05) is 13.1 Å². The van der Waals surface area contributed by atoms with Crippen molar-refractivity contribution in [3.63, 3.8) is 0 Å². The van der Waals surface area contributed by atoms with Crippen molar-refractivity contribution in [1.29, 1.82) is 0 Å². The second-order valence-corrected chi connectivity index (χ2v) is 9.01. The zero-order valence-corrected chi connectivity index (χ0v) is 16.5. The molecule has 0 radical (unpaired) electrons. The van der Waals surface area contributed by atoms with Gasteiger partial charge in [-0.3, -0.25) is 24.6 Å². The SMILES string of the molecule is CC1(C)CC(CN)N(Cc2cccc3c2C(=O)N(C2CCC(=O)NC2=O)C3)C1. The fourth-order valence-electron chi connectivity index (χ4n) is 4.97. The predicted molar refractivity (Wildman–Crippen MR) is 104 cm³/mol. The summed E-state index contributed by atoms with van der Waals surface area (Å²) < 4.78 is 0. The van der Waals surface area contributed by atoms with Gasteiger partial charge in [-0.2, -0.15) is 0 Å². The van der Waals surface area contributed by atoms with E-state index < -0.39 is 6.04 Å². The van der Waals surface area contributed by atoms with Crippen LogP contribution in [0.4, 0.5) is 0 Å². The van der Waals surface area contributed by atoms with Crippen molar-refractivity contribution in [3.8, 4) is 0 Å². The molecule has 3 amide bonds.